The van der Waals surface area contributed by atoms with Crippen LogP contribution < -0.4 is 5.32 Å². The monoisotopic (exact) mass is 280 g/mol. The summed E-state index contributed by atoms with van der Waals surface area (Å²) in [4.78, 5) is 11.2. The minimum atomic E-state index is 0.847. The van der Waals surface area contributed by atoms with Crippen molar-refractivity contribution in [2.24, 2.45) is 0 Å². The van der Waals surface area contributed by atoms with Crippen LogP contribution in [0.5, 0.6) is 0 Å². The summed E-state index contributed by atoms with van der Waals surface area (Å²) >= 11 is 0. The van der Waals surface area contributed by atoms with E-state index < -0.39 is 0 Å². The molecular formula is C17H20N4. The van der Waals surface area contributed by atoms with Gasteiger partial charge in [-0.2, -0.15) is 0 Å². The van der Waals surface area contributed by atoms with Crippen LogP contribution in [0.15, 0.2) is 43.2 Å². The van der Waals surface area contributed by atoms with Crippen molar-refractivity contribution in [1.29, 1.82) is 0 Å². The Morgan fingerprint density at radius 3 is 2.86 bits per heavy atom. The maximum absolute atomic E-state index is 4.40. The van der Waals surface area contributed by atoms with Crippen molar-refractivity contribution in [3.63, 3.8) is 0 Å². The Hall–Kier alpha value is -2.20. The van der Waals surface area contributed by atoms with E-state index in [1.54, 1.807) is 6.33 Å². The molecule has 0 spiro atoms. The Bertz CT molecular complexity index is 636. The van der Waals surface area contributed by atoms with Gasteiger partial charge in [-0.15, -0.1) is 0 Å². The third-order valence-electron chi connectivity index (χ3n) is 3.70. The molecule has 1 aliphatic rings. The zero-order valence-corrected chi connectivity index (χ0v) is 12.3. The molecular weight excluding hydrogens is 260 g/mol. The molecule has 1 aliphatic heterocycles. The molecule has 0 amide bonds. The molecule has 4 heteroatoms. The lowest BCUT2D eigenvalue weighted by molar-refractivity contribution is 0.271. The van der Waals surface area contributed by atoms with Crippen LogP contribution >= 0.6 is 0 Å². The van der Waals surface area contributed by atoms with Crippen LogP contribution in [0, 0.1) is 0 Å². The fourth-order valence-corrected chi connectivity index (χ4v) is 2.69. The van der Waals surface area contributed by atoms with Gasteiger partial charge in [0.05, 0.1) is 5.69 Å². The Balaban J connectivity index is 1.86. The first-order chi connectivity index (χ1) is 10.2. The number of hydrogen-bond acceptors (Lipinski definition) is 4. The number of nitrogens with one attached hydrogen (secondary N) is 1. The molecule has 0 radical (unpaired) electrons. The third-order valence-corrected chi connectivity index (χ3v) is 3.70. The van der Waals surface area contributed by atoms with Crippen molar-refractivity contribution in [2.75, 3.05) is 18.4 Å². The van der Waals surface area contributed by atoms with Crippen LogP contribution in [0.1, 0.15) is 23.7 Å². The van der Waals surface area contributed by atoms with Gasteiger partial charge in [0, 0.05) is 31.7 Å². The average molecular weight is 280 g/mol. The SMILES string of the molecule is C=C(C)c1ncnc2c1CN(Cc1ccccc1)CCN2. The minimum Gasteiger partial charge on any atom is -0.368 e. The molecule has 1 aromatic carbocycles. The van der Waals surface area contributed by atoms with E-state index in [0.29, 0.717) is 0 Å². The second-order valence-corrected chi connectivity index (χ2v) is 5.45. The standard InChI is InChI=1S/C17H20N4/c1-13(2)16-15-11-21(10-14-6-4-3-5-7-14)9-8-18-17(15)20-12-19-16/h3-7,12H,1,8-11H2,2H3,(H,18,19,20). The number of rotatable bonds is 3. The topological polar surface area (TPSA) is 41.1 Å². The first kappa shape index (κ1) is 13.8. The molecule has 2 aromatic rings. The van der Waals surface area contributed by atoms with Crippen LogP contribution in [-0.4, -0.2) is 28.0 Å². The van der Waals surface area contributed by atoms with Gasteiger partial charge in [-0.3, -0.25) is 4.90 Å². The predicted molar refractivity (Wildman–Crippen MR) is 85.8 cm³/mol. The molecule has 2 heterocycles. The van der Waals surface area contributed by atoms with E-state index in [1.807, 2.05) is 6.92 Å². The summed E-state index contributed by atoms with van der Waals surface area (Å²) in [6.45, 7) is 9.70. The summed E-state index contributed by atoms with van der Waals surface area (Å²) in [6.07, 6.45) is 1.61. The molecule has 0 fully saturated rings. The van der Waals surface area contributed by atoms with Gasteiger partial charge in [-0.1, -0.05) is 36.9 Å². The highest BCUT2D eigenvalue weighted by Crippen LogP contribution is 2.25. The second kappa shape index (κ2) is 6.06. The molecule has 1 aromatic heterocycles. The first-order valence-electron chi connectivity index (χ1n) is 7.24. The smallest absolute Gasteiger partial charge is 0.134 e. The zero-order valence-electron chi connectivity index (χ0n) is 12.3. The van der Waals surface area contributed by atoms with Crippen LogP contribution in [0.25, 0.3) is 5.57 Å². The predicted octanol–water partition coefficient (Wildman–Crippen LogP) is 2.94. The number of anilines is 1. The Kier molecular flexibility index (Phi) is 3.97. The van der Waals surface area contributed by atoms with Gasteiger partial charge in [0.25, 0.3) is 0 Å². The van der Waals surface area contributed by atoms with Crippen LogP contribution in [0.4, 0.5) is 5.82 Å². The van der Waals surface area contributed by atoms with Gasteiger partial charge < -0.3 is 5.32 Å². The van der Waals surface area contributed by atoms with Crippen LogP contribution in [0.3, 0.4) is 0 Å². The molecule has 0 bridgehead atoms. The normalized spacial score (nSPS) is 14.9. The summed E-state index contributed by atoms with van der Waals surface area (Å²) in [5.41, 5.74) is 4.43. The van der Waals surface area contributed by atoms with Gasteiger partial charge in [0.15, 0.2) is 0 Å². The average Bonchev–Trinajstić information content (AvgIpc) is 2.69. The van der Waals surface area contributed by atoms with E-state index in [-0.39, 0.29) is 0 Å². The van der Waals surface area contributed by atoms with Gasteiger partial charge >= 0.3 is 0 Å². The number of nitrogens with zero attached hydrogens (tertiary/aromatic N) is 3. The fourth-order valence-electron chi connectivity index (χ4n) is 2.69. The lowest BCUT2D eigenvalue weighted by Crippen LogP contribution is -2.25. The van der Waals surface area contributed by atoms with Crippen molar-refractivity contribution < 1.29 is 0 Å². The second-order valence-electron chi connectivity index (χ2n) is 5.45. The maximum Gasteiger partial charge on any atom is 0.134 e. The van der Waals surface area contributed by atoms with Gasteiger partial charge in [-0.25, -0.2) is 9.97 Å². The molecule has 3 rings (SSSR count). The fraction of sp³-hybridized carbons (Fsp3) is 0.294. The summed E-state index contributed by atoms with van der Waals surface area (Å²) in [5.74, 6) is 0.943. The number of aromatic nitrogens is 2. The van der Waals surface area contributed by atoms with E-state index in [0.717, 1.165) is 48.8 Å². The quantitative estimate of drug-likeness (QED) is 0.938. The van der Waals surface area contributed by atoms with Crippen LogP contribution in [-0.2, 0) is 13.1 Å². The molecule has 108 valence electrons. The highest BCUT2D eigenvalue weighted by molar-refractivity contribution is 5.65. The highest BCUT2D eigenvalue weighted by Gasteiger charge is 2.19. The summed E-state index contributed by atoms with van der Waals surface area (Å²) in [6, 6.07) is 10.6. The Labute approximate surface area is 125 Å². The number of allylic oxidation sites excluding steroid dienone is 1. The molecule has 0 saturated carbocycles. The molecule has 1 N–H and O–H groups in total. The van der Waals surface area contributed by atoms with Gasteiger partial charge in [-0.05, 0) is 18.1 Å². The third kappa shape index (κ3) is 3.11. The largest absolute Gasteiger partial charge is 0.368 e. The number of hydrogen-bond donors (Lipinski definition) is 1. The molecule has 4 nitrogen and oxygen atoms in total. The maximum atomic E-state index is 4.40. The first-order valence-corrected chi connectivity index (χ1v) is 7.24. The number of fused-ring (bicyclic) bond motifs is 1. The van der Waals surface area contributed by atoms with E-state index in [1.165, 1.54) is 5.56 Å². The molecule has 0 unspecified atom stereocenters. The van der Waals surface area contributed by atoms with Gasteiger partial charge in [0.2, 0.25) is 0 Å². The lowest BCUT2D eigenvalue weighted by Gasteiger charge is -2.20. The molecule has 0 saturated heterocycles. The molecule has 0 atom stereocenters. The van der Waals surface area contributed by atoms with Crippen molar-refractivity contribution >= 4 is 11.4 Å². The van der Waals surface area contributed by atoms with E-state index in [9.17, 15) is 0 Å². The van der Waals surface area contributed by atoms with Crippen molar-refractivity contribution in [1.82, 2.24) is 14.9 Å². The molecule has 0 aliphatic carbocycles. The summed E-state index contributed by atoms with van der Waals surface area (Å²) in [5, 5.41) is 3.40. The number of benzene rings is 1. The van der Waals surface area contributed by atoms with Crippen molar-refractivity contribution in [3.05, 3.63) is 60.1 Å². The van der Waals surface area contributed by atoms with Gasteiger partial charge in [0.1, 0.15) is 12.1 Å². The Morgan fingerprint density at radius 2 is 2.10 bits per heavy atom. The summed E-state index contributed by atoms with van der Waals surface area (Å²) < 4.78 is 0. The lowest BCUT2D eigenvalue weighted by atomic mass is 10.1. The van der Waals surface area contributed by atoms with E-state index in [2.05, 4.69) is 57.1 Å². The summed E-state index contributed by atoms with van der Waals surface area (Å²) in [7, 11) is 0. The Morgan fingerprint density at radius 1 is 1.29 bits per heavy atom. The zero-order chi connectivity index (χ0) is 14.7. The van der Waals surface area contributed by atoms with E-state index in [4.69, 9.17) is 0 Å². The molecule has 21 heavy (non-hydrogen) atoms. The van der Waals surface area contributed by atoms with E-state index >= 15 is 0 Å². The van der Waals surface area contributed by atoms with Crippen LogP contribution in [0.2, 0.25) is 0 Å². The minimum absolute atomic E-state index is 0.847. The van der Waals surface area contributed by atoms with Crippen molar-refractivity contribution in [3.8, 4) is 0 Å². The van der Waals surface area contributed by atoms with Crippen molar-refractivity contribution in [2.45, 2.75) is 20.0 Å². The highest BCUT2D eigenvalue weighted by atomic mass is 15.2.